The van der Waals surface area contributed by atoms with Crippen molar-refractivity contribution >= 4 is 29.3 Å². The van der Waals surface area contributed by atoms with Crippen LogP contribution in [0, 0.1) is 6.92 Å². The second-order valence-electron chi connectivity index (χ2n) is 6.22. The smallest absolute Gasteiger partial charge is 0.340 e. The maximum Gasteiger partial charge on any atom is 0.340 e. The molecule has 0 aliphatic carbocycles. The summed E-state index contributed by atoms with van der Waals surface area (Å²) >= 11 is 1.53. The molecular weight excluding hydrogens is 362 g/mol. The minimum atomic E-state index is -0.501. The number of aryl methyl sites for hydroxylation is 1. The summed E-state index contributed by atoms with van der Waals surface area (Å²) in [6, 6.07) is 9.49. The first-order chi connectivity index (χ1) is 13.0. The molecule has 5 nitrogen and oxygen atoms in total. The lowest BCUT2D eigenvalue weighted by Gasteiger charge is -2.18. The predicted octanol–water partition coefficient (Wildman–Crippen LogP) is 3.94. The average Bonchev–Trinajstić information content (AvgIpc) is 3.18. The number of benzene rings is 1. The Hall–Kier alpha value is -2.86. The van der Waals surface area contributed by atoms with Crippen LogP contribution >= 0.6 is 11.3 Å². The quantitative estimate of drug-likeness (QED) is 0.580. The van der Waals surface area contributed by atoms with E-state index >= 15 is 0 Å². The molecule has 2 aromatic rings. The Balaban J connectivity index is 1.99. The van der Waals surface area contributed by atoms with Gasteiger partial charge >= 0.3 is 5.97 Å². The fourth-order valence-corrected chi connectivity index (χ4v) is 3.85. The normalized spacial score (nSPS) is 15.6. The Bertz CT molecular complexity index is 937. The van der Waals surface area contributed by atoms with Crippen LogP contribution in [0.5, 0.6) is 5.75 Å². The summed E-state index contributed by atoms with van der Waals surface area (Å²) in [5.74, 6) is 0.0535. The van der Waals surface area contributed by atoms with Crippen LogP contribution in [0.3, 0.4) is 0 Å². The molecule has 0 N–H and O–H groups in total. The van der Waals surface area contributed by atoms with Gasteiger partial charge in [-0.05, 0) is 54.6 Å². The molecule has 1 aliphatic rings. The zero-order valence-corrected chi connectivity index (χ0v) is 16.6. The molecule has 2 heterocycles. The van der Waals surface area contributed by atoms with Crippen molar-refractivity contribution in [3.05, 3.63) is 68.6 Å². The molecule has 6 heteroatoms. The highest BCUT2D eigenvalue weighted by molar-refractivity contribution is 7.11. The van der Waals surface area contributed by atoms with Gasteiger partial charge in [-0.3, -0.25) is 4.79 Å². The Morgan fingerprint density at radius 3 is 2.41 bits per heavy atom. The summed E-state index contributed by atoms with van der Waals surface area (Å²) in [7, 11) is 2.94. The minimum absolute atomic E-state index is 0.198. The molecule has 0 bridgehead atoms. The number of hydrogen-bond donors (Lipinski definition) is 0. The third-order valence-corrected chi connectivity index (χ3v) is 5.54. The number of amides is 1. The summed E-state index contributed by atoms with van der Waals surface area (Å²) in [5.41, 5.74) is 3.31. The molecule has 3 rings (SSSR count). The molecule has 1 aromatic heterocycles. The Morgan fingerprint density at radius 2 is 1.85 bits per heavy atom. The molecule has 27 heavy (non-hydrogen) atoms. The standard InChI is InChI=1S/C21H21NO4S/c1-13-9-10-27-18(13)11-17-19(21(24)26-4)14(2)22(20(17)23)12-15-5-7-16(25-3)8-6-15/h5-11H,12H2,1-4H3/b17-11-. The monoisotopic (exact) mass is 383 g/mol. The average molecular weight is 383 g/mol. The first-order valence-electron chi connectivity index (χ1n) is 8.46. The molecule has 1 aliphatic heterocycles. The van der Waals surface area contributed by atoms with E-state index in [1.807, 2.05) is 42.6 Å². The van der Waals surface area contributed by atoms with Crippen LogP contribution in [-0.2, 0) is 20.9 Å². The molecule has 0 atom stereocenters. The number of nitrogens with zero attached hydrogens (tertiary/aromatic N) is 1. The van der Waals surface area contributed by atoms with E-state index in [4.69, 9.17) is 9.47 Å². The minimum Gasteiger partial charge on any atom is -0.497 e. The number of ether oxygens (including phenoxy) is 2. The van der Waals surface area contributed by atoms with Crippen molar-refractivity contribution in [2.75, 3.05) is 14.2 Å². The van der Waals surface area contributed by atoms with Gasteiger partial charge in [-0.1, -0.05) is 12.1 Å². The topological polar surface area (TPSA) is 55.8 Å². The van der Waals surface area contributed by atoms with E-state index in [2.05, 4.69) is 0 Å². The molecule has 0 unspecified atom stereocenters. The van der Waals surface area contributed by atoms with E-state index < -0.39 is 5.97 Å². The Labute approximate surface area is 162 Å². The van der Waals surface area contributed by atoms with Crippen LogP contribution in [0.1, 0.15) is 22.9 Å². The van der Waals surface area contributed by atoms with E-state index in [1.165, 1.54) is 18.4 Å². The van der Waals surface area contributed by atoms with Gasteiger partial charge in [0.05, 0.1) is 31.9 Å². The molecule has 0 spiro atoms. The van der Waals surface area contributed by atoms with Gasteiger partial charge in [-0.25, -0.2) is 4.79 Å². The summed E-state index contributed by atoms with van der Waals surface area (Å²) in [6.45, 7) is 4.12. The first-order valence-corrected chi connectivity index (χ1v) is 9.34. The summed E-state index contributed by atoms with van der Waals surface area (Å²) in [6.07, 6.45) is 1.78. The van der Waals surface area contributed by atoms with Crippen LogP contribution < -0.4 is 4.74 Å². The van der Waals surface area contributed by atoms with Crippen molar-refractivity contribution in [1.29, 1.82) is 0 Å². The van der Waals surface area contributed by atoms with Crippen LogP contribution in [-0.4, -0.2) is 31.0 Å². The van der Waals surface area contributed by atoms with Gasteiger partial charge in [0.15, 0.2) is 0 Å². The molecule has 0 saturated heterocycles. The van der Waals surface area contributed by atoms with E-state index in [0.29, 0.717) is 23.4 Å². The lowest BCUT2D eigenvalue weighted by atomic mass is 10.1. The number of esters is 1. The van der Waals surface area contributed by atoms with E-state index in [9.17, 15) is 9.59 Å². The molecular formula is C21H21NO4S. The van der Waals surface area contributed by atoms with Gasteiger partial charge in [0.25, 0.3) is 5.91 Å². The number of rotatable bonds is 5. The molecule has 0 radical (unpaired) electrons. The summed E-state index contributed by atoms with van der Waals surface area (Å²) in [5, 5.41) is 1.96. The van der Waals surface area contributed by atoms with Gasteiger partial charge in [0, 0.05) is 10.6 Å². The largest absolute Gasteiger partial charge is 0.497 e. The summed E-state index contributed by atoms with van der Waals surface area (Å²) < 4.78 is 10.1. The van der Waals surface area contributed by atoms with E-state index in [0.717, 1.165) is 21.8 Å². The third kappa shape index (κ3) is 3.66. The number of hydrogen-bond acceptors (Lipinski definition) is 5. The zero-order valence-electron chi connectivity index (χ0n) is 15.7. The second kappa shape index (κ2) is 7.80. The molecule has 0 saturated carbocycles. The van der Waals surface area contributed by atoms with Gasteiger partial charge in [-0.15, -0.1) is 11.3 Å². The zero-order chi connectivity index (χ0) is 19.6. The van der Waals surface area contributed by atoms with Gasteiger partial charge in [-0.2, -0.15) is 0 Å². The van der Waals surface area contributed by atoms with Crippen molar-refractivity contribution < 1.29 is 19.1 Å². The Morgan fingerprint density at radius 1 is 1.15 bits per heavy atom. The van der Waals surface area contributed by atoms with Crippen LogP contribution in [0.4, 0.5) is 0 Å². The van der Waals surface area contributed by atoms with E-state index in [-0.39, 0.29) is 5.91 Å². The van der Waals surface area contributed by atoms with Crippen LogP contribution in [0.15, 0.2) is 52.6 Å². The van der Waals surface area contributed by atoms with Gasteiger partial charge < -0.3 is 14.4 Å². The fraction of sp³-hybridized carbons (Fsp3) is 0.238. The highest BCUT2D eigenvalue weighted by atomic mass is 32.1. The van der Waals surface area contributed by atoms with Crippen LogP contribution in [0.25, 0.3) is 6.08 Å². The highest BCUT2D eigenvalue weighted by Crippen LogP contribution is 2.34. The number of carbonyl (C=O) groups is 2. The number of allylic oxidation sites excluding steroid dienone is 1. The lowest BCUT2D eigenvalue weighted by Crippen LogP contribution is -2.24. The highest BCUT2D eigenvalue weighted by Gasteiger charge is 2.37. The van der Waals surface area contributed by atoms with Crippen molar-refractivity contribution in [3.8, 4) is 5.75 Å². The van der Waals surface area contributed by atoms with E-state index in [1.54, 1.807) is 25.0 Å². The Kier molecular flexibility index (Phi) is 5.46. The number of methoxy groups -OCH3 is 2. The molecule has 0 fully saturated rings. The van der Waals surface area contributed by atoms with Crippen molar-refractivity contribution in [2.45, 2.75) is 20.4 Å². The van der Waals surface area contributed by atoms with Crippen LogP contribution in [0.2, 0.25) is 0 Å². The maximum atomic E-state index is 13.1. The molecule has 140 valence electrons. The van der Waals surface area contributed by atoms with Crippen molar-refractivity contribution in [2.24, 2.45) is 0 Å². The lowest BCUT2D eigenvalue weighted by molar-refractivity contribution is -0.136. The fourth-order valence-electron chi connectivity index (χ4n) is 3.00. The molecule has 1 amide bonds. The predicted molar refractivity (Wildman–Crippen MR) is 105 cm³/mol. The third-order valence-electron chi connectivity index (χ3n) is 4.58. The van der Waals surface area contributed by atoms with Gasteiger partial charge in [0.2, 0.25) is 0 Å². The van der Waals surface area contributed by atoms with Gasteiger partial charge in [0.1, 0.15) is 5.75 Å². The van der Waals surface area contributed by atoms with Crippen molar-refractivity contribution in [3.63, 3.8) is 0 Å². The maximum absolute atomic E-state index is 13.1. The second-order valence-corrected chi connectivity index (χ2v) is 7.16. The summed E-state index contributed by atoms with van der Waals surface area (Å²) in [4.78, 5) is 28.0. The van der Waals surface area contributed by atoms with Crippen molar-refractivity contribution in [1.82, 2.24) is 4.90 Å². The molecule has 1 aromatic carbocycles. The number of carbonyl (C=O) groups excluding carboxylic acids is 2. The SMILES string of the molecule is COC(=O)C1=C(C)N(Cc2ccc(OC)cc2)C(=O)/C1=C\c1sccc1C. The number of thiophene rings is 1. The first kappa shape index (κ1) is 18.9.